The second-order valence-electron chi connectivity index (χ2n) is 4.90. The van der Waals surface area contributed by atoms with Crippen LogP contribution in [0.2, 0.25) is 0 Å². The Balaban J connectivity index is 2.38. The Kier molecular flexibility index (Phi) is 3.36. The van der Waals surface area contributed by atoms with Crippen molar-refractivity contribution in [3.63, 3.8) is 0 Å². The lowest BCUT2D eigenvalue weighted by molar-refractivity contribution is -0.136. The van der Waals surface area contributed by atoms with E-state index in [0.717, 1.165) is 22.4 Å². The van der Waals surface area contributed by atoms with E-state index in [2.05, 4.69) is 23.4 Å². The number of carbonyl (C=O) groups is 1. The molecule has 0 unspecified atom stereocenters. The number of imidazole rings is 1. The van der Waals surface area contributed by atoms with E-state index in [1.54, 1.807) is 0 Å². The summed E-state index contributed by atoms with van der Waals surface area (Å²) in [5, 5.41) is 8.70. The Morgan fingerprint density at radius 1 is 1.44 bits per heavy atom. The number of nitrogens with zero attached hydrogens (tertiary/aromatic N) is 2. The Hall–Kier alpha value is -1.84. The van der Waals surface area contributed by atoms with Gasteiger partial charge >= 0.3 is 5.97 Å². The van der Waals surface area contributed by atoms with Gasteiger partial charge in [0.2, 0.25) is 0 Å². The molecule has 2 rings (SSSR count). The maximum atomic E-state index is 10.6. The van der Waals surface area contributed by atoms with Gasteiger partial charge in [0.1, 0.15) is 5.82 Å². The van der Waals surface area contributed by atoms with Gasteiger partial charge in [0.15, 0.2) is 0 Å². The molecule has 18 heavy (non-hydrogen) atoms. The first-order valence-electron chi connectivity index (χ1n) is 6.16. The summed E-state index contributed by atoms with van der Waals surface area (Å²) in [6.45, 7) is 4.24. The van der Waals surface area contributed by atoms with E-state index >= 15 is 0 Å². The largest absolute Gasteiger partial charge is 0.481 e. The van der Waals surface area contributed by atoms with Crippen LogP contribution in [0.3, 0.4) is 0 Å². The molecule has 1 aromatic carbocycles. The first kappa shape index (κ1) is 12.6. The summed E-state index contributed by atoms with van der Waals surface area (Å²) >= 11 is 0. The highest BCUT2D eigenvalue weighted by Crippen LogP contribution is 2.22. The Labute approximate surface area is 106 Å². The van der Waals surface area contributed by atoms with Crippen molar-refractivity contribution in [1.29, 1.82) is 0 Å². The molecule has 0 fully saturated rings. The Morgan fingerprint density at radius 2 is 2.17 bits per heavy atom. The molecule has 0 saturated carbocycles. The van der Waals surface area contributed by atoms with E-state index in [9.17, 15) is 4.79 Å². The third kappa shape index (κ3) is 2.37. The van der Waals surface area contributed by atoms with Gasteiger partial charge in [0, 0.05) is 19.4 Å². The summed E-state index contributed by atoms with van der Waals surface area (Å²) in [5.41, 5.74) is 3.09. The molecule has 0 atom stereocenters. The van der Waals surface area contributed by atoms with Crippen LogP contribution in [0.1, 0.15) is 37.6 Å². The fourth-order valence-electron chi connectivity index (χ4n) is 2.18. The number of hydrogen-bond acceptors (Lipinski definition) is 2. The standard InChI is InChI=1S/C14H18N2O2/c1-9(2)14-15-11-6-4-10(5-7-13(17)18)8-12(11)16(14)3/h4,6,8-9H,5,7H2,1-3H3,(H,17,18). The number of aromatic nitrogens is 2. The minimum absolute atomic E-state index is 0.167. The number of benzene rings is 1. The van der Waals surface area contributed by atoms with Gasteiger partial charge in [-0.15, -0.1) is 0 Å². The molecule has 0 radical (unpaired) electrons. The molecule has 96 valence electrons. The lowest BCUT2D eigenvalue weighted by atomic mass is 10.1. The molecule has 0 spiro atoms. The zero-order valence-corrected chi connectivity index (χ0v) is 11.0. The third-order valence-electron chi connectivity index (χ3n) is 3.12. The predicted molar refractivity (Wildman–Crippen MR) is 70.8 cm³/mol. The molecule has 2 aromatic rings. The van der Waals surface area contributed by atoms with Crippen molar-refractivity contribution in [2.45, 2.75) is 32.6 Å². The van der Waals surface area contributed by atoms with Gasteiger partial charge in [-0.1, -0.05) is 19.9 Å². The van der Waals surface area contributed by atoms with Crippen molar-refractivity contribution in [3.8, 4) is 0 Å². The van der Waals surface area contributed by atoms with E-state index < -0.39 is 5.97 Å². The number of aryl methyl sites for hydroxylation is 2. The lowest BCUT2D eigenvalue weighted by Crippen LogP contribution is -2.00. The van der Waals surface area contributed by atoms with E-state index in [-0.39, 0.29) is 6.42 Å². The topological polar surface area (TPSA) is 55.1 Å². The zero-order valence-electron chi connectivity index (χ0n) is 11.0. The molecule has 1 aromatic heterocycles. The summed E-state index contributed by atoms with van der Waals surface area (Å²) in [7, 11) is 2.01. The third-order valence-corrected chi connectivity index (χ3v) is 3.12. The van der Waals surface area contributed by atoms with Gasteiger partial charge in [0.05, 0.1) is 11.0 Å². The fraction of sp³-hybridized carbons (Fsp3) is 0.429. The maximum Gasteiger partial charge on any atom is 0.303 e. The molecule has 0 aliphatic heterocycles. The summed E-state index contributed by atoms with van der Waals surface area (Å²) in [6, 6.07) is 5.97. The monoisotopic (exact) mass is 246 g/mol. The van der Waals surface area contributed by atoms with Crippen molar-refractivity contribution in [1.82, 2.24) is 9.55 Å². The van der Waals surface area contributed by atoms with Gasteiger partial charge in [-0.3, -0.25) is 4.79 Å². The first-order valence-corrected chi connectivity index (χ1v) is 6.16. The van der Waals surface area contributed by atoms with Gasteiger partial charge in [-0.05, 0) is 24.1 Å². The van der Waals surface area contributed by atoms with Crippen LogP contribution in [0.4, 0.5) is 0 Å². The van der Waals surface area contributed by atoms with E-state index in [0.29, 0.717) is 12.3 Å². The van der Waals surface area contributed by atoms with Crippen molar-refractivity contribution in [2.24, 2.45) is 7.05 Å². The van der Waals surface area contributed by atoms with Crippen LogP contribution in [-0.4, -0.2) is 20.6 Å². The van der Waals surface area contributed by atoms with Crippen LogP contribution in [0.5, 0.6) is 0 Å². The molecule has 1 N–H and O–H groups in total. The lowest BCUT2D eigenvalue weighted by Gasteiger charge is -2.05. The molecule has 0 aliphatic carbocycles. The fourth-order valence-corrected chi connectivity index (χ4v) is 2.18. The SMILES string of the molecule is CC(C)c1nc2ccc(CCC(=O)O)cc2n1C. The van der Waals surface area contributed by atoms with Crippen LogP contribution in [0.25, 0.3) is 11.0 Å². The van der Waals surface area contributed by atoms with E-state index in [1.807, 2.05) is 25.2 Å². The maximum absolute atomic E-state index is 10.6. The molecule has 4 heteroatoms. The normalized spacial score (nSPS) is 11.3. The number of carboxylic acids is 1. The van der Waals surface area contributed by atoms with Crippen molar-refractivity contribution in [3.05, 3.63) is 29.6 Å². The summed E-state index contributed by atoms with van der Waals surface area (Å²) in [4.78, 5) is 15.2. The van der Waals surface area contributed by atoms with Gasteiger partial charge in [-0.2, -0.15) is 0 Å². The van der Waals surface area contributed by atoms with Gasteiger partial charge in [0.25, 0.3) is 0 Å². The molecule has 0 bridgehead atoms. The second-order valence-corrected chi connectivity index (χ2v) is 4.90. The highest BCUT2D eigenvalue weighted by molar-refractivity contribution is 5.77. The average Bonchev–Trinajstić information content (AvgIpc) is 2.64. The highest BCUT2D eigenvalue weighted by atomic mass is 16.4. The zero-order chi connectivity index (χ0) is 13.3. The summed E-state index contributed by atoms with van der Waals surface area (Å²) < 4.78 is 2.09. The van der Waals surface area contributed by atoms with Crippen molar-refractivity contribution < 1.29 is 9.90 Å². The van der Waals surface area contributed by atoms with Crippen molar-refractivity contribution in [2.75, 3.05) is 0 Å². The number of fused-ring (bicyclic) bond motifs is 1. The van der Waals surface area contributed by atoms with Crippen LogP contribution in [0.15, 0.2) is 18.2 Å². The number of hydrogen-bond donors (Lipinski definition) is 1. The smallest absolute Gasteiger partial charge is 0.303 e. The quantitative estimate of drug-likeness (QED) is 0.902. The molecular formula is C14H18N2O2. The van der Waals surface area contributed by atoms with Gasteiger partial charge in [-0.25, -0.2) is 4.98 Å². The van der Waals surface area contributed by atoms with Crippen LogP contribution in [-0.2, 0) is 18.3 Å². The molecule has 1 heterocycles. The number of rotatable bonds is 4. The van der Waals surface area contributed by atoms with E-state index in [1.165, 1.54) is 0 Å². The van der Waals surface area contributed by atoms with Crippen molar-refractivity contribution >= 4 is 17.0 Å². The van der Waals surface area contributed by atoms with Gasteiger partial charge < -0.3 is 9.67 Å². The first-order chi connectivity index (χ1) is 8.49. The van der Waals surface area contributed by atoms with Crippen LogP contribution in [0, 0.1) is 0 Å². The molecule has 4 nitrogen and oxygen atoms in total. The second kappa shape index (κ2) is 4.80. The molecule has 0 aliphatic rings. The minimum Gasteiger partial charge on any atom is -0.481 e. The van der Waals surface area contributed by atoms with Crippen LogP contribution >= 0.6 is 0 Å². The Morgan fingerprint density at radius 3 is 2.78 bits per heavy atom. The average molecular weight is 246 g/mol. The summed E-state index contributed by atoms with van der Waals surface area (Å²) in [6.07, 6.45) is 0.730. The molecule has 0 saturated heterocycles. The minimum atomic E-state index is -0.761. The number of aliphatic carboxylic acids is 1. The number of carboxylic acid groups (broad SMARTS) is 1. The predicted octanol–water partition coefficient (Wildman–Crippen LogP) is 2.71. The molecule has 0 amide bonds. The Bertz CT molecular complexity index is 585. The summed E-state index contributed by atoms with van der Waals surface area (Å²) in [5.74, 6) is 0.674. The van der Waals surface area contributed by atoms with Crippen LogP contribution < -0.4 is 0 Å². The highest BCUT2D eigenvalue weighted by Gasteiger charge is 2.11. The van der Waals surface area contributed by atoms with E-state index in [4.69, 9.17) is 5.11 Å². The molecular weight excluding hydrogens is 228 g/mol.